The summed E-state index contributed by atoms with van der Waals surface area (Å²) in [4.78, 5) is 0. The van der Waals surface area contributed by atoms with Gasteiger partial charge in [-0.3, -0.25) is 0 Å². The second kappa shape index (κ2) is 11.8. The van der Waals surface area contributed by atoms with Gasteiger partial charge in [-0.15, -0.1) is 0 Å². The van der Waals surface area contributed by atoms with Crippen LogP contribution >= 0.6 is 0 Å². The summed E-state index contributed by atoms with van der Waals surface area (Å²) in [7, 11) is -2.55. The van der Waals surface area contributed by atoms with Crippen molar-refractivity contribution in [2.75, 3.05) is 19.8 Å². The molecule has 0 aliphatic rings. The van der Waals surface area contributed by atoms with Crippen LogP contribution in [-0.2, 0) is 18.0 Å². The monoisotopic (exact) mass is 292 g/mol. The number of unbranched alkanes of at least 4 members (excludes halogenated alkanes) is 2. The highest BCUT2D eigenvalue weighted by Crippen LogP contribution is 2.20. The Balaban J connectivity index is 4.26. The van der Waals surface area contributed by atoms with E-state index < -0.39 is 8.80 Å². The molecule has 0 aromatic rings. The molecule has 0 saturated heterocycles. The first kappa shape index (κ1) is 19.1. The molecular formula is C14H32O4Si. The molecule has 1 atom stereocenters. The maximum absolute atomic E-state index is 6.01. The molecule has 0 aromatic heterocycles. The quantitative estimate of drug-likeness (QED) is 0.292. The molecule has 116 valence electrons. The summed E-state index contributed by atoms with van der Waals surface area (Å²) in [6.07, 6.45) is 4.21. The minimum absolute atomic E-state index is 0.256. The third-order valence-electron chi connectivity index (χ3n) is 2.73. The normalized spacial score (nSPS) is 13.7. The van der Waals surface area contributed by atoms with Crippen molar-refractivity contribution in [1.29, 1.82) is 0 Å². The van der Waals surface area contributed by atoms with Crippen LogP contribution in [0.3, 0.4) is 0 Å². The molecule has 0 radical (unpaired) electrons. The predicted molar refractivity (Wildman–Crippen MR) is 80.1 cm³/mol. The van der Waals surface area contributed by atoms with Gasteiger partial charge in [-0.1, -0.05) is 33.1 Å². The zero-order valence-corrected chi connectivity index (χ0v) is 14.4. The van der Waals surface area contributed by atoms with Crippen LogP contribution in [0.15, 0.2) is 0 Å². The summed E-state index contributed by atoms with van der Waals surface area (Å²) in [5, 5.41) is 0. The molecule has 0 saturated carbocycles. The summed E-state index contributed by atoms with van der Waals surface area (Å²) in [5.41, 5.74) is 0. The Morgan fingerprint density at radius 3 is 2.00 bits per heavy atom. The lowest BCUT2D eigenvalue weighted by molar-refractivity contribution is -0.109. The van der Waals surface area contributed by atoms with Crippen LogP contribution in [0, 0.1) is 0 Å². The van der Waals surface area contributed by atoms with Crippen LogP contribution in [0.2, 0.25) is 6.04 Å². The number of hydrogen-bond acceptors (Lipinski definition) is 4. The van der Waals surface area contributed by atoms with Crippen LogP contribution < -0.4 is 0 Å². The lowest BCUT2D eigenvalue weighted by Gasteiger charge is -2.31. The van der Waals surface area contributed by atoms with E-state index in [2.05, 4.69) is 13.8 Å². The molecule has 0 bridgehead atoms. The molecule has 0 amide bonds. The first-order chi connectivity index (χ1) is 9.14. The van der Waals surface area contributed by atoms with Crippen LogP contribution in [0.25, 0.3) is 0 Å². The number of rotatable bonds is 13. The Kier molecular flexibility index (Phi) is 11.9. The highest BCUT2D eigenvalue weighted by molar-refractivity contribution is 6.60. The van der Waals surface area contributed by atoms with Crippen LogP contribution in [0.1, 0.15) is 60.3 Å². The summed E-state index contributed by atoms with van der Waals surface area (Å²) in [5.74, 6) is 0. The third kappa shape index (κ3) is 8.76. The maximum atomic E-state index is 6.01. The Morgan fingerprint density at radius 1 is 0.895 bits per heavy atom. The fraction of sp³-hybridized carbons (Fsp3) is 1.00. The largest absolute Gasteiger partial charge is 0.502 e. The first-order valence-corrected chi connectivity index (χ1v) is 9.64. The van der Waals surface area contributed by atoms with Gasteiger partial charge in [0.1, 0.15) is 6.29 Å². The maximum Gasteiger partial charge on any atom is 0.502 e. The summed E-state index contributed by atoms with van der Waals surface area (Å²) < 4.78 is 23.3. The second-order valence-electron chi connectivity index (χ2n) is 4.56. The van der Waals surface area contributed by atoms with E-state index >= 15 is 0 Å². The Bertz CT molecular complexity index is 185. The molecule has 0 fully saturated rings. The van der Waals surface area contributed by atoms with E-state index in [1.165, 1.54) is 12.8 Å². The highest BCUT2D eigenvalue weighted by atomic mass is 28.4. The van der Waals surface area contributed by atoms with E-state index in [4.69, 9.17) is 18.0 Å². The Hall–Kier alpha value is 0.0569. The fourth-order valence-corrected chi connectivity index (χ4v) is 4.64. The van der Waals surface area contributed by atoms with Gasteiger partial charge in [0.05, 0.1) is 0 Å². The molecule has 1 unspecified atom stereocenters. The van der Waals surface area contributed by atoms with Crippen LogP contribution in [-0.4, -0.2) is 34.9 Å². The van der Waals surface area contributed by atoms with Gasteiger partial charge in [0.15, 0.2) is 0 Å². The minimum atomic E-state index is -2.55. The lowest BCUT2D eigenvalue weighted by atomic mass is 10.3. The molecule has 0 aromatic carbocycles. The SMILES string of the molecule is CCCCCOC(C)O[Si](CCC)(OCC)OCC. The highest BCUT2D eigenvalue weighted by Gasteiger charge is 2.41. The van der Waals surface area contributed by atoms with E-state index in [1.807, 2.05) is 20.8 Å². The van der Waals surface area contributed by atoms with E-state index in [1.54, 1.807) is 0 Å². The van der Waals surface area contributed by atoms with Crippen molar-refractivity contribution < 1.29 is 18.0 Å². The molecule has 0 heterocycles. The van der Waals surface area contributed by atoms with Gasteiger partial charge in [-0.25, -0.2) is 0 Å². The zero-order chi connectivity index (χ0) is 14.6. The molecule has 0 aliphatic heterocycles. The van der Waals surface area contributed by atoms with Crippen LogP contribution in [0.4, 0.5) is 0 Å². The lowest BCUT2D eigenvalue weighted by Crippen LogP contribution is -2.48. The van der Waals surface area contributed by atoms with Crippen molar-refractivity contribution in [3.05, 3.63) is 0 Å². The third-order valence-corrected chi connectivity index (χ3v) is 5.99. The van der Waals surface area contributed by atoms with Crippen LogP contribution in [0.5, 0.6) is 0 Å². The van der Waals surface area contributed by atoms with Gasteiger partial charge in [-0.05, 0) is 27.2 Å². The Labute approximate surface area is 120 Å². The van der Waals surface area contributed by atoms with Crippen molar-refractivity contribution in [1.82, 2.24) is 0 Å². The number of ether oxygens (including phenoxy) is 1. The van der Waals surface area contributed by atoms with Crippen molar-refractivity contribution >= 4 is 8.80 Å². The molecular weight excluding hydrogens is 260 g/mol. The summed E-state index contributed by atoms with van der Waals surface area (Å²) >= 11 is 0. The average molecular weight is 292 g/mol. The van der Waals surface area contributed by atoms with Crippen molar-refractivity contribution in [2.24, 2.45) is 0 Å². The van der Waals surface area contributed by atoms with Gasteiger partial charge in [-0.2, -0.15) is 0 Å². The molecule has 0 N–H and O–H groups in total. The second-order valence-corrected chi connectivity index (χ2v) is 7.24. The summed E-state index contributed by atoms with van der Waals surface area (Å²) in [6.45, 7) is 12.2. The Morgan fingerprint density at radius 2 is 1.53 bits per heavy atom. The van der Waals surface area contributed by atoms with Crippen molar-refractivity contribution in [2.45, 2.75) is 72.6 Å². The average Bonchev–Trinajstić information content (AvgIpc) is 2.35. The van der Waals surface area contributed by atoms with Gasteiger partial charge >= 0.3 is 8.80 Å². The van der Waals surface area contributed by atoms with E-state index in [0.29, 0.717) is 13.2 Å². The van der Waals surface area contributed by atoms with E-state index in [0.717, 1.165) is 25.5 Å². The van der Waals surface area contributed by atoms with Gasteiger partial charge in [0.25, 0.3) is 0 Å². The predicted octanol–water partition coefficient (Wildman–Crippen LogP) is 3.98. The molecule has 5 heteroatoms. The van der Waals surface area contributed by atoms with Gasteiger partial charge in [0, 0.05) is 25.9 Å². The van der Waals surface area contributed by atoms with Gasteiger partial charge in [0.2, 0.25) is 0 Å². The van der Waals surface area contributed by atoms with E-state index in [-0.39, 0.29) is 6.29 Å². The van der Waals surface area contributed by atoms with E-state index in [9.17, 15) is 0 Å². The number of hydrogen-bond donors (Lipinski definition) is 0. The summed E-state index contributed by atoms with van der Waals surface area (Å²) in [6, 6.07) is 0.845. The van der Waals surface area contributed by atoms with Crippen molar-refractivity contribution in [3.8, 4) is 0 Å². The van der Waals surface area contributed by atoms with Gasteiger partial charge < -0.3 is 18.0 Å². The molecule has 19 heavy (non-hydrogen) atoms. The molecule has 0 spiro atoms. The zero-order valence-electron chi connectivity index (χ0n) is 13.4. The topological polar surface area (TPSA) is 36.9 Å². The smallest absolute Gasteiger partial charge is 0.374 e. The molecule has 0 rings (SSSR count). The molecule has 0 aliphatic carbocycles. The first-order valence-electron chi connectivity index (χ1n) is 7.71. The standard InChI is InChI=1S/C14H32O4Si/c1-6-10-11-12-15-14(5)18-19(13-7-2,16-8-3)17-9-4/h14H,6-13H2,1-5H3. The molecule has 4 nitrogen and oxygen atoms in total. The van der Waals surface area contributed by atoms with Crippen molar-refractivity contribution in [3.63, 3.8) is 0 Å². The minimum Gasteiger partial charge on any atom is -0.374 e. The fourth-order valence-electron chi connectivity index (χ4n) is 1.95.